The topological polar surface area (TPSA) is 52.5 Å². The second kappa shape index (κ2) is 6.78. The molecule has 7 heteroatoms. The zero-order valence-electron chi connectivity index (χ0n) is 13.7. The van der Waals surface area contributed by atoms with Crippen LogP contribution in [0, 0.1) is 11.6 Å². The summed E-state index contributed by atoms with van der Waals surface area (Å²) in [5.74, 6) is -0.989. The number of rotatable bonds is 4. The smallest absolute Gasteiger partial charge is 0.159 e. The van der Waals surface area contributed by atoms with Gasteiger partial charge in [0.25, 0.3) is 0 Å². The highest BCUT2D eigenvalue weighted by Gasteiger charge is 2.24. The lowest BCUT2D eigenvalue weighted by atomic mass is 10.0. The minimum Gasteiger partial charge on any atom is -0.387 e. The average Bonchev–Trinajstić information content (AvgIpc) is 2.56. The number of fused-ring (bicyclic) bond motifs is 1. The number of hydrogen-bond donors (Lipinski definition) is 1. The van der Waals surface area contributed by atoms with Crippen LogP contribution in [0.25, 0.3) is 0 Å². The van der Waals surface area contributed by atoms with Gasteiger partial charge in [-0.1, -0.05) is 6.07 Å². The van der Waals surface area contributed by atoms with E-state index in [9.17, 15) is 13.9 Å². The molecule has 5 nitrogen and oxygen atoms in total. The zero-order chi connectivity index (χ0) is 17.3. The fraction of sp³-hybridized carbons (Fsp3) is 0.412. The summed E-state index contributed by atoms with van der Waals surface area (Å²) in [5.41, 5.74) is 2.44. The Morgan fingerprint density at radius 1 is 1.25 bits per heavy atom. The average molecular weight is 334 g/mol. The number of hydrogen-bond acceptors (Lipinski definition) is 5. The van der Waals surface area contributed by atoms with E-state index in [0.29, 0.717) is 18.7 Å². The van der Waals surface area contributed by atoms with Crippen LogP contribution in [0.4, 0.5) is 14.6 Å². The van der Waals surface area contributed by atoms with Crippen LogP contribution >= 0.6 is 0 Å². The van der Waals surface area contributed by atoms with Crippen molar-refractivity contribution in [1.82, 2.24) is 14.9 Å². The van der Waals surface area contributed by atoms with E-state index < -0.39 is 17.7 Å². The molecule has 0 radical (unpaired) electrons. The molecular weight excluding hydrogens is 314 g/mol. The molecule has 0 bridgehead atoms. The first-order valence-electron chi connectivity index (χ1n) is 7.81. The van der Waals surface area contributed by atoms with Gasteiger partial charge in [0.2, 0.25) is 0 Å². The molecule has 0 saturated carbocycles. The number of β-amino-alcohol motifs (C(OH)–C–C–N with tert-alkyl or cyclic N) is 1. The van der Waals surface area contributed by atoms with Crippen LogP contribution in [-0.2, 0) is 13.0 Å². The van der Waals surface area contributed by atoms with Crippen molar-refractivity contribution in [3.05, 3.63) is 53.0 Å². The summed E-state index contributed by atoms with van der Waals surface area (Å²) in [6.45, 7) is 1.70. The molecule has 0 spiro atoms. The van der Waals surface area contributed by atoms with Crippen LogP contribution in [0.2, 0.25) is 0 Å². The number of benzene rings is 1. The third-order valence-corrected chi connectivity index (χ3v) is 4.24. The van der Waals surface area contributed by atoms with Crippen LogP contribution in [0.5, 0.6) is 0 Å². The van der Waals surface area contributed by atoms with Crippen LogP contribution in [0.1, 0.15) is 22.9 Å². The second-order valence-electron chi connectivity index (χ2n) is 6.19. The number of aliphatic hydroxyl groups is 1. The van der Waals surface area contributed by atoms with Gasteiger partial charge in [-0.05, 0) is 17.7 Å². The minimum atomic E-state index is -0.946. The fourth-order valence-corrected chi connectivity index (χ4v) is 2.99. The van der Waals surface area contributed by atoms with E-state index in [2.05, 4.69) is 14.9 Å². The quantitative estimate of drug-likeness (QED) is 0.926. The van der Waals surface area contributed by atoms with Gasteiger partial charge in [0.15, 0.2) is 11.6 Å². The Bertz CT molecular complexity index is 739. The van der Waals surface area contributed by atoms with Gasteiger partial charge in [0, 0.05) is 45.7 Å². The van der Waals surface area contributed by atoms with E-state index >= 15 is 0 Å². The molecule has 0 saturated heterocycles. The van der Waals surface area contributed by atoms with E-state index in [1.807, 2.05) is 19.0 Å². The standard InChI is InChI=1S/C17H20F2N4O/c1-22(2)17-12-8-23(6-5-15(12)20-10-21-17)9-16(24)11-3-4-13(18)14(19)7-11/h3-4,7,10,16,24H,5-6,8-9H2,1-2H3. The van der Waals surface area contributed by atoms with Crippen LogP contribution in [0.15, 0.2) is 24.5 Å². The molecule has 24 heavy (non-hydrogen) atoms. The summed E-state index contributed by atoms with van der Waals surface area (Å²) in [6, 6.07) is 3.50. The van der Waals surface area contributed by atoms with E-state index in [4.69, 9.17) is 0 Å². The molecule has 0 aliphatic carbocycles. The Hall–Kier alpha value is -2.12. The normalized spacial score (nSPS) is 15.9. The van der Waals surface area contributed by atoms with Crippen molar-refractivity contribution in [2.24, 2.45) is 0 Å². The third kappa shape index (κ3) is 3.37. The largest absolute Gasteiger partial charge is 0.387 e. The maximum absolute atomic E-state index is 13.3. The molecule has 2 heterocycles. The highest BCUT2D eigenvalue weighted by Crippen LogP contribution is 2.26. The predicted octanol–water partition coefficient (Wildman–Crippen LogP) is 1.91. The van der Waals surface area contributed by atoms with Crippen molar-refractivity contribution in [2.75, 3.05) is 32.1 Å². The van der Waals surface area contributed by atoms with Crippen molar-refractivity contribution < 1.29 is 13.9 Å². The van der Waals surface area contributed by atoms with E-state index in [0.717, 1.165) is 42.2 Å². The van der Waals surface area contributed by atoms with Gasteiger partial charge in [-0.2, -0.15) is 0 Å². The SMILES string of the molecule is CN(C)c1ncnc2c1CN(CC(O)c1ccc(F)c(F)c1)CC2. The number of aliphatic hydroxyl groups excluding tert-OH is 1. The lowest BCUT2D eigenvalue weighted by Crippen LogP contribution is -2.35. The Morgan fingerprint density at radius 2 is 2.04 bits per heavy atom. The fourth-order valence-electron chi connectivity index (χ4n) is 2.99. The molecule has 3 rings (SSSR count). The third-order valence-electron chi connectivity index (χ3n) is 4.24. The van der Waals surface area contributed by atoms with Crippen molar-refractivity contribution in [2.45, 2.75) is 19.1 Å². The highest BCUT2D eigenvalue weighted by atomic mass is 19.2. The molecular formula is C17H20F2N4O. The van der Waals surface area contributed by atoms with E-state index in [1.54, 1.807) is 6.33 Å². The summed E-state index contributed by atoms with van der Waals surface area (Å²) in [5, 5.41) is 10.3. The van der Waals surface area contributed by atoms with Crippen LogP contribution < -0.4 is 4.90 Å². The van der Waals surface area contributed by atoms with Gasteiger partial charge < -0.3 is 10.0 Å². The van der Waals surface area contributed by atoms with E-state index in [-0.39, 0.29) is 0 Å². The first kappa shape index (κ1) is 16.7. The molecule has 0 fully saturated rings. The molecule has 1 aromatic carbocycles. The lowest BCUT2D eigenvalue weighted by molar-refractivity contribution is 0.105. The maximum atomic E-state index is 13.3. The van der Waals surface area contributed by atoms with Crippen molar-refractivity contribution in [3.8, 4) is 0 Å². The highest BCUT2D eigenvalue weighted by molar-refractivity contribution is 5.48. The molecule has 1 aliphatic heterocycles. The van der Waals surface area contributed by atoms with Gasteiger partial charge in [-0.15, -0.1) is 0 Å². The number of halogens is 2. The van der Waals surface area contributed by atoms with E-state index in [1.165, 1.54) is 6.07 Å². The van der Waals surface area contributed by atoms with Crippen LogP contribution in [-0.4, -0.2) is 47.2 Å². The molecule has 2 aromatic rings. The molecule has 0 amide bonds. The molecule has 1 aliphatic rings. The summed E-state index contributed by atoms with van der Waals surface area (Å²) >= 11 is 0. The Balaban J connectivity index is 1.74. The maximum Gasteiger partial charge on any atom is 0.159 e. The molecule has 1 unspecified atom stereocenters. The summed E-state index contributed by atoms with van der Waals surface area (Å²) in [7, 11) is 3.86. The summed E-state index contributed by atoms with van der Waals surface area (Å²) in [4.78, 5) is 12.7. The molecule has 1 aromatic heterocycles. The predicted molar refractivity (Wildman–Crippen MR) is 86.7 cm³/mol. The van der Waals surface area contributed by atoms with Crippen molar-refractivity contribution >= 4 is 5.82 Å². The number of anilines is 1. The Morgan fingerprint density at radius 3 is 2.75 bits per heavy atom. The zero-order valence-corrected chi connectivity index (χ0v) is 13.7. The minimum absolute atomic E-state index is 0.340. The first-order chi connectivity index (χ1) is 11.5. The lowest BCUT2D eigenvalue weighted by Gasteiger charge is -2.31. The van der Waals surface area contributed by atoms with Gasteiger partial charge >= 0.3 is 0 Å². The monoisotopic (exact) mass is 334 g/mol. The summed E-state index contributed by atoms with van der Waals surface area (Å²) in [6.07, 6.45) is 1.46. The van der Waals surface area contributed by atoms with Gasteiger partial charge in [-0.25, -0.2) is 18.7 Å². The number of aromatic nitrogens is 2. The first-order valence-corrected chi connectivity index (χ1v) is 7.81. The van der Waals surface area contributed by atoms with Gasteiger partial charge in [0.1, 0.15) is 12.1 Å². The molecule has 1 N–H and O–H groups in total. The van der Waals surface area contributed by atoms with Gasteiger partial charge in [-0.3, -0.25) is 4.90 Å². The van der Waals surface area contributed by atoms with Crippen molar-refractivity contribution in [3.63, 3.8) is 0 Å². The number of nitrogens with zero attached hydrogens (tertiary/aromatic N) is 4. The molecule has 128 valence electrons. The van der Waals surface area contributed by atoms with Crippen LogP contribution in [0.3, 0.4) is 0 Å². The Labute approximate surface area is 139 Å². The van der Waals surface area contributed by atoms with Crippen molar-refractivity contribution in [1.29, 1.82) is 0 Å². The van der Waals surface area contributed by atoms with Gasteiger partial charge in [0.05, 0.1) is 11.8 Å². The Kier molecular flexibility index (Phi) is 4.73. The molecule has 1 atom stereocenters. The summed E-state index contributed by atoms with van der Waals surface area (Å²) < 4.78 is 26.4. The second-order valence-corrected chi connectivity index (χ2v) is 6.19.